The van der Waals surface area contributed by atoms with Gasteiger partial charge in [0, 0.05) is 29.9 Å². The van der Waals surface area contributed by atoms with Crippen LogP contribution in [0.15, 0.2) is 24.5 Å². The van der Waals surface area contributed by atoms with Gasteiger partial charge in [0.2, 0.25) is 4.96 Å². The highest BCUT2D eigenvalue weighted by atomic mass is 32.1. The number of pyridine rings is 1. The molecule has 0 atom stereocenters. The molecule has 3 heterocycles. The van der Waals surface area contributed by atoms with Gasteiger partial charge in [-0.15, -0.1) is 10.2 Å². The summed E-state index contributed by atoms with van der Waals surface area (Å²) in [6.45, 7) is 0. The van der Waals surface area contributed by atoms with Crippen LogP contribution in [0.2, 0.25) is 0 Å². The van der Waals surface area contributed by atoms with Gasteiger partial charge in [-0.05, 0) is 31.4 Å². The molecule has 1 fully saturated rings. The molecule has 2 N–H and O–H groups in total. The second-order valence-corrected chi connectivity index (χ2v) is 6.39. The van der Waals surface area contributed by atoms with Crippen molar-refractivity contribution >= 4 is 16.3 Å². The average molecular weight is 286 g/mol. The molecule has 1 aliphatic rings. The van der Waals surface area contributed by atoms with Gasteiger partial charge in [-0.25, -0.2) is 0 Å². The zero-order chi connectivity index (χ0) is 13.6. The molecule has 1 aliphatic carbocycles. The monoisotopic (exact) mass is 286 g/mol. The van der Waals surface area contributed by atoms with Crippen molar-refractivity contribution in [2.45, 2.75) is 31.2 Å². The average Bonchev–Trinajstić information content (AvgIpc) is 2.97. The minimum absolute atomic E-state index is 0.0578. The first kappa shape index (κ1) is 11.9. The third-order valence-corrected chi connectivity index (χ3v) is 4.70. The van der Waals surface area contributed by atoms with E-state index >= 15 is 0 Å². The van der Waals surface area contributed by atoms with Crippen molar-refractivity contribution in [3.8, 4) is 11.4 Å². The van der Waals surface area contributed by atoms with Crippen LogP contribution in [0.1, 0.15) is 24.3 Å². The van der Waals surface area contributed by atoms with Crippen LogP contribution in [0.4, 0.5) is 0 Å². The Morgan fingerprint density at radius 1 is 1.35 bits per heavy atom. The van der Waals surface area contributed by atoms with Gasteiger partial charge in [-0.2, -0.15) is 9.61 Å². The van der Waals surface area contributed by atoms with Crippen LogP contribution >= 0.6 is 11.3 Å². The Bertz CT molecular complexity index is 743. The molecular formula is C13H14N6S. The third-order valence-electron chi connectivity index (χ3n) is 3.81. The van der Waals surface area contributed by atoms with Crippen molar-refractivity contribution in [3.05, 3.63) is 29.5 Å². The maximum atomic E-state index is 6.29. The molecule has 7 heteroatoms. The summed E-state index contributed by atoms with van der Waals surface area (Å²) >= 11 is 1.57. The number of fused-ring (bicyclic) bond motifs is 1. The molecule has 0 radical (unpaired) electrons. The normalized spacial score (nSPS) is 17.2. The predicted octanol–water partition coefficient (Wildman–Crippen LogP) is 1.67. The summed E-state index contributed by atoms with van der Waals surface area (Å²) in [6.07, 6.45) is 7.73. The molecule has 0 aromatic carbocycles. The van der Waals surface area contributed by atoms with Crippen LogP contribution in [0, 0.1) is 0 Å². The Morgan fingerprint density at radius 3 is 2.95 bits per heavy atom. The van der Waals surface area contributed by atoms with E-state index in [1.165, 1.54) is 6.42 Å². The summed E-state index contributed by atoms with van der Waals surface area (Å²) in [5.41, 5.74) is 7.15. The highest BCUT2D eigenvalue weighted by Crippen LogP contribution is 2.33. The van der Waals surface area contributed by atoms with Gasteiger partial charge in [0.1, 0.15) is 5.01 Å². The molecule has 0 bridgehead atoms. The van der Waals surface area contributed by atoms with Gasteiger partial charge < -0.3 is 5.73 Å². The lowest BCUT2D eigenvalue weighted by Gasteiger charge is -2.37. The third kappa shape index (κ3) is 1.90. The number of rotatable bonds is 3. The Morgan fingerprint density at radius 2 is 2.25 bits per heavy atom. The summed E-state index contributed by atoms with van der Waals surface area (Å²) in [6, 6.07) is 3.84. The molecule has 3 aromatic rings. The van der Waals surface area contributed by atoms with E-state index in [0.717, 1.165) is 40.6 Å². The molecule has 6 nitrogen and oxygen atoms in total. The summed E-state index contributed by atoms with van der Waals surface area (Å²) in [5, 5.41) is 14.0. The van der Waals surface area contributed by atoms with E-state index in [-0.39, 0.29) is 5.54 Å². The van der Waals surface area contributed by atoms with Crippen molar-refractivity contribution in [2.24, 2.45) is 5.73 Å². The van der Waals surface area contributed by atoms with Crippen LogP contribution in [-0.4, -0.2) is 30.3 Å². The van der Waals surface area contributed by atoms with Crippen LogP contribution in [0.3, 0.4) is 0 Å². The van der Waals surface area contributed by atoms with Crippen molar-refractivity contribution < 1.29 is 0 Å². The highest BCUT2D eigenvalue weighted by molar-refractivity contribution is 7.16. The zero-order valence-electron chi connectivity index (χ0n) is 10.9. The van der Waals surface area contributed by atoms with Gasteiger partial charge in [-0.1, -0.05) is 11.3 Å². The van der Waals surface area contributed by atoms with Crippen LogP contribution in [0.5, 0.6) is 0 Å². The maximum Gasteiger partial charge on any atom is 0.234 e. The maximum absolute atomic E-state index is 6.29. The first-order chi connectivity index (χ1) is 9.73. The molecule has 0 amide bonds. The SMILES string of the molecule is NC1(Cc2nn3c(-c4cccnc4)nnc3s2)CCC1. The Balaban J connectivity index is 1.72. The summed E-state index contributed by atoms with van der Waals surface area (Å²) in [5.74, 6) is 0.732. The van der Waals surface area contributed by atoms with Crippen LogP contribution < -0.4 is 5.73 Å². The van der Waals surface area contributed by atoms with E-state index in [0.29, 0.717) is 0 Å². The number of aromatic nitrogens is 5. The van der Waals surface area contributed by atoms with Gasteiger partial charge in [0.05, 0.1) is 0 Å². The van der Waals surface area contributed by atoms with E-state index in [1.54, 1.807) is 28.2 Å². The molecule has 3 aromatic heterocycles. The van der Waals surface area contributed by atoms with Gasteiger partial charge in [-0.3, -0.25) is 4.98 Å². The van der Waals surface area contributed by atoms with E-state index in [2.05, 4.69) is 20.3 Å². The molecule has 102 valence electrons. The van der Waals surface area contributed by atoms with E-state index < -0.39 is 0 Å². The minimum atomic E-state index is -0.0578. The summed E-state index contributed by atoms with van der Waals surface area (Å²) in [7, 11) is 0. The van der Waals surface area contributed by atoms with Crippen molar-refractivity contribution in [3.63, 3.8) is 0 Å². The topological polar surface area (TPSA) is 82.0 Å². The smallest absolute Gasteiger partial charge is 0.234 e. The van der Waals surface area contributed by atoms with Gasteiger partial charge >= 0.3 is 0 Å². The minimum Gasteiger partial charge on any atom is -0.325 e. The Kier molecular flexibility index (Phi) is 2.58. The largest absolute Gasteiger partial charge is 0.325 e. The molecule has 0 aliphatic heterocycles. The highest BCUT2D eigenvalue weighted by Gasteiger charge is 2.34. The van der Waals surface area contributed by atoms with E-state index in [1.807, 2.05) is 12.1 Å². The molecule has 0 spiro atoms. The zero-order valence-corrected chi connectivity index (χ0v) is 11.7. The Labute approximate surface area is 119 Å². The summed E-state index contributed by atoms with van der Waals surface area (Å²) < 4.78 is 1.79. The first-order valence-electron chi connectivity index (χ1n) is 6.64. The second-order valence-electron chi connectivity index (χ2n) is 5.35. The number of hydrogen-bond acceptors (Lipinski definition) is 6. The van der Waals surface area contributed by atoms with E-state index in [9.17, 15) is 0 Å². The quantitative estimate of drug-likeness (QED) is 0.792. The first-order valence-corrected chi connectivity index (χ1v) is 7.46. The van der Waals surface area contributed by atoms with Crippen molar-refractivity contribution in [1.82, 2.24) is 24.8 Å². The molecule has 20 heavy (non-hydrogen) atoms. The fraction of sp³-hybridized carbons (Fsp3) is 0.385. The second kappa shape index (κ2) is 4.32. The molecule has 4 rings (SSSR count). The molecule has 0 unspecified atom stereocenters. The number of hydrogen-bond donors (Lipinski definition) is 1. The Hall–Kier alpha value is -1.86. The van der Waals surface area contributed by atoms with Crippen LogP contribution in [0.25, 0.3) is 16.3 Å². The van der Waals surface area contributed by atoms with Crippen molar-refractivity contribution in [2.75, 3.05) is 0 Å². The fourth-order valence-electron chi connectivity index (χ4n) is 2.51. The lowest BCUT2D eigenvalue weighted by Crippen LogP contribution is -2.48. The summed E-state index contributed by atoms with van der Waals surface area (Å²) in [4.78, 5) is 4.92. The van der Waals surface area contributed by atoms with Gasteiger partial charge in [0.25, 0.3) is 0 Å². The lowest BCUT2D eigenvalue weighted by atomic mass is 9.75. The standard InChI is InChI=1S/C13H14N6S/c14-13(4-2-5-13)7-10-18-19-11(16-17-12(19)20-10)9-3-1-6-15-8-9/h1,3,6,8H,2,4-5,7,14H2. The van der Waals surface area contributed by atoms with Crippen molar-refractivity contribution in [1.29, 1.82) is 0 Å². The fourth-order valence-corrected chi connectivity index (χ4v) is 3.50. The lowest BCUT2D eigenvalue weighted by molar-refractivity contribution is 0.247. The number of nitrogens with two attached hydrogens (primary N) is 1. The van der Waals surface area contributed by atoms with E-state index in [4.69, 9.17) is 5.73 Å². The predicted molar refractivity (Wildman–Crippen MR) is 76.4 cm³/mol. The molecule has 1 saturated carbocycles. The molecular weight excluding hydrogens is 272 g/mol. The van der Waals surface area contributed by atoms with Crippen LogP contribution in [-0.2, 0) is 6.42 Å². The van der Waals surface area contributed by atoms with Gasteiger partial charge in [0.15, 0.2) is 5.82 Å². The number of nitrogens with zero attached hydrogens (tertiary/aromatic N) is 5. The molecule has 0 saturated heterocycles.